The van der Waals surface area contributed by atoms with Gasteiger partial charge in [-0.15, -0.1) is 0 Å². The molecule has 0 aliphatic carbocycles. The van der Waals surface area contributed by atoms with E-state index in [0.29, 0.717) is 12.3 Å². The molecule has 0 bridgehead atoms. The van der Waals surface area contributed by atoms with Crippen molar-refractivity contribution in [2.24, 2.45) is 0 Å². The van der Waals surface area contributed by atoms with Crippen LogP contribution in [-0.4, -0.2) is 42.8 Å². The standard InChI is InChI=1S/C14H23NO5Si/c1-5-6-11-20-14(16)15-12-7-9-13(10-8-12)21(17-2,18-3)19-4/h7-10H,5-6,11H2,1-4H3,(H,15,16). The minimum Gasteiger partial charge on any atom is -0.449 e. The molecule has 118 valence electrons. The largest absolute Gasteiger partial charge is 0.536 e. The maximum atomic E-state index is 11.5. The second-order valence-corrected chi connectivity index (χ2v) is 7.27. The predicted molar refractivity (Wildman–Crippen MR) is 82.7 cm³/mol. The van der Waals surface area contributed by atoms with Crippen molar-refractivity contribution in [3.8, 4) is 0 Å². The number of amides is 1. The monoisotopic (exact) mass is 313 g/mol. The maximum Gasteiger partial charge on any atom is 0.536 e. The SMILES string of the molecule is CCCCOC(=O)Nc1ccc([Si](OC)(OC)OC)cc1. The van der Waals surface area contributed by atoms with Crippen molar-refractivity contribution in [3.63, 3.8) is 0 Å². The normalized spacial score (nSPS) is 11.2. The number of hydrogen-bond donors (Lipinski definition) is 1. The van der Waals surface area contributed by atoms with Crippen LogP contribution in [0.5, 0.6) is 0 Å². The number of rotatable bonds is 8. The van der Waals surface area contributed by atoms with Gasteiger partial charge >= 0.3 is 14.9 Å². The van der Waals surface area contributed by atoms with E-state index in [-0.39, 0.29) is 0 Å². The van der Waals surface area contributed by atoms with Crippen molar-refractivity contribution >= 4 is 25.8 Å². The third-order valence-corrected chi connectivity index (χ3v) is 5.67. The minimum atomic E-state index is -2.83. The van der Waals surface area contributed by atoms with E-state index in [0.717, 1.165) is 18.0 Å². The summed E-state index contributed by atoms with van der Waals surface area (Å²) in [7, 11) is 1.83. The first-order valence-corrected chi connectivity index (χ1v) is 8.54. The Bertz CT molecular complexity index is 425. The van der Waals surface area contributed by atoms with Gasteiger partial charge in [-0.1, -0.05) is 25.5 Å². The van der Waals surface area contributed by atoms with E-state index in [4.69, 9.17) is 18.0 Å². The molecule has 1 rings (SSSR count). The Morgan fingerprint density at radius 1 is 1.10 bits per heavy atom. The molecule has 1 aromatic carbocycles. The van der Waals surface area contributed by atoms with E-state index in [9.17, 15) is 4.79 Å². The highest BCUT2D eigenvalue weighted by molar-refractivity contribution is 6.75. The Hall–Kier alpha value is -1.41. The molecular weight excluding hydrogens is 290 g/mol. The summed E-state index contributed by atoms with van der Waals surface area (Å²) in [6.07, 6.45) is 1.39. The van der Waals surface area contributed by atoms with Crippen LogP contribution in [0.3, 0.4) is 0 Å². The molecule has 0 saturated heterocycles. The fourth-order valence-corrected chi connectivity index (χ4v) is 3.61. The molecule has 1 N–H and O–H groups in total. The van der Waals surface area contributed by atoms with E-state index < -0.39 is 14.9 Å². The fraction of sp³-hybridized carbons (Fsp3) is 0.500. The van der Waals surface area contributed by atoms with Gasteiger partial charge in [0.2, 0.25) is 0 Å². The number of carbonyl (C=O) groups excluding carboxylic acids is 1. The number of ether oxygens (including phenoxy) is 1. The zero-order valence-corrected chi connectivity index (χ0v) is 14.0. The molecule has 0 fully saturated rings. The van der Waals surface area contributed by atoms with E-state index in [1.807, 2.05) is 19.1 Å². The van der Waals surface area contributed by atoms with Gasteiger partial charge in [0.25, 0.3) is 0 Å². The maximum absolute atomic E-state index is 11.5. The Balaban J connectivity index is 2.67. The van der Waals surface area contributed by atoms with Crippen molar-refractivity contribution in [2.75, 3.05) is 33.3 Å². The van der Waals surface area contributed by atoms with Gasteiger partial charge in [0, 0.05) is 32.2 Å². The molecule has 0 atom stereocenters. The third-order valence-electron chi connectivity index (χ3n) is 3.02. The average Bonchev–Trinajstić information content (AvgIpc) is 2.51. The number of hydrogen-bond acceptors (Lipinski definition) is 5. The van der Waals surface area contributed by atoms with Crippen molar-refractivity contribution in [1.29, 1.82) is 0 Å². The fourth-order valence-electron chi connectivity index (χ4n) is 1.82. The number of nitrogens with one attached hydrogen (secondary N) is 1. The van der Waals surface area contributed by atoms with Crippen molar-refractivity contribution in [3.05, 3.63) is 24.3 Å². The van der Waals surface area contributed by atoms with Crippen LogP contribution in [0, 0.1) is 0 Å². The number of unbranched alkanes of at least 4 members (excludes halogenated alkanes) is 1. The highest BCUT2D eigenvalue weighted by Gasteiger charge is 2.40. The van der Waals surface area contributed by atoms with Crippen LogP contribution in [-0.2, 0) is 18.0 Å². The summed E-state index contributed by atoms with van der Waals surface area (Å²) in [4.78, 5) is 11.5. The highest BCUT2D eigenvalue weighted by atomic mass is 28.4. The number of anilines is 1. The Kier molecular flexibility index (Phi) is 7.38. The first-order chi connectivity index (χ1) is 10.1. The quantitative estimate of drug-likeness (QED) is 0.588. The molecule has 0 aliphatic rings. The van der Waals surface area contributed by atoms with Gasteiger partial charge in [-0.25, -0.2) is 4.79 Å². The molecule has 0 heterocycles. The van der Waals surface area contributed by atoms with Crippen LogP contribution in [0.4, 0.5) is 10.5 Å². The Morgan fingerprint density at radius 2 is 1.67 bits per heavy atom. The number of carbonyl (C=O) groups is 1. The van der Waals surface area contributed by atoms with Crippen molar-refractivity contribution < 1.29 is 22.8 Å². The molecule has 21 heavy (non-hydrogen) atoms. The van der Waals surface area contributed by atoms with Gasteiger partial charge in [-0.3, -0.25) is 5.32 Å². The molecule has 1 aromatic rings. The van der Waals surface area contributed by atoms with Crippen LogP contribution in [0.2, 0.25) is 0 Å². The van der Waals surface area contributed by atoms with E-state index in [2.05, 4.69) is 5.32 Å². The van der Waals surface area contributed by atoms with Crippen molar-refractivity contribution in [1.82, 2.24) is 0 Å². The Labute approximate surface area is 126 Å². The molecule has 0 unspecified atom stereocenters. The summed E-state index contributed by atoms with van der Waals surface area (Å²) in [5.74, 6) is 0. The molecule has 0 spiro atoms. The predicted octanol–water partition coefficient (Wildman–Crippen LogP) is 2.12. The van der Waals surface area contributed by atoms with Gasteiger partial charge in [-0.05, 0) is 18.6 Å². The topological polar surface area (TPSA) is 66.0 Å². The second kappa shape index (κ2) is 8.78. The van der Waals surface area contributed by atoms with Gasteiger partial charge in [0.05, 0.1) is 6.61 Å². The molecular formula is C14H23NO5Si. The lowest BCUT2D eigenvalue weighted by Gasteiger charge is -2.24. The van der Waals surface area contributed by atoms with Gasteiger partial charge in [0.15, 0.2) is 0 Å². The van der Waals surface area contributed by atoms with Crippen LogP contribution in [0.25, 0.3) is 0 Å². The molecule has 0 radical (unpaired) electrons. The molecule has 6 nitrogen and oxygen atoms in total. The summed E-state index contributed by atoms with van der Waals surface area (Å²) in [6.45, 7) is 2.46. The lowest BCUT2D eigenvalue weighted by Crippen LogP contribution is -2.54. The summed E-state index contributed by atoms with van der Waals surface area (Å²) in [5, 5.41) is 3.48. The molecule has 0 aliphatic heterocycles. The summed E-state index contributed by atoms with van der Waals surface area (Å²) >= 11 is 0. The van der Waals surface area contributed by atoms with Gasteiger partial charge < -0.3 is 18.0 Å². The van der Waals surface area contributed by atoms with Gasteiger partial charge in [0.1, 0.15) is 0 Å². The van der Waals surface area contributed by atoms with E-state index in [1.165, 1.54) is 0 Å². The van der Waals surface area contributed by atoms with Crippen LogP contribution < -0.4 is 10.5 Å². The summed E-state index contributed by atoms with van der Waals surface area (Å²) < 4.78 is 21.2. The third kappa shape index (κ3) is 4.82. The lowest BCUT2D eigenvalue weighted by atomic mass is 10.3. The lowest BCUT2D eigenvalue weighted by molar-refractivity contribution is 0.140. The van der Waals surface area contributed by atoms with Crippen LogP contribution in [0.1, 0.15) is 19.8 Å². The first kappa shape index (κ1) is 17.6. The Morgan fingerprint density at radius 3 is 2.14 bits per heavy atom. The molecule has 0 aromatic heterocycles. The first-order valence-electron chi connectivity index (χ1n) is 6.81. The second-order valence-electron chi connectivity index (χ2n) is 4.36. The molecule has 0 saturated carbocycles. The highest BCUT2D eigenvalue weighted by Crippen LogP contribution is 2.11. The summed E-state index contributed by atoms with van der Waals surface area (Å²) in [6, 6.07) is 7.14. The number of benzene rings is 1. The summed E-state index contributed by atoms with van der Waals surface area (Å²) in [5.41, 5.74) is 0.645. The van der Waals surface area contributed by atoms with Crippen molar-refractivity contribution in [2.45, 2.75) is 19.8 Å². The average molecular weight is 313 g/mol. The zero-order valence-electron chi connectivity index (χ0n) is 13.0. The smallest absolute Gasteiger partial charge is 0.449 e. The van der Waals surface area contributed by atoms with E-state index in [1.54, 1.807) is 33.5 Å². The van der Waals surface area contributed by atoms with E-state index >= 15 is 0 Å². The van der Waals surface area contributed by atoms with Gasteiger partial charge in [-0.2, -0.15) is 0 Å². The molecule has 1 amide bonds. The molecule has 7 heteroatoms. The van der Waals surface area contributed by atoms with Crippen LogP contribution in [0.15, 0.2) is 24.3 Å². The minimum absolute atomic E-state index is 0.424. The zero-order chi connectivity index (χ0) is 15.7. The van der Waals surface area contributed by atoms with Crippen LogP contribution >= 0.6 is 0 Å².